The molecule has 3 N–H and O–H groups in total. The van der Waals surface area contributed by atoms with Crippen LogP contribution in [-0.2, 0) is 16.1 Å². The summed E-state index contributed by atoms with van der Waals surface area (Å²) in [6.45, 7) is 8.22. The van der Waals surface area contributed by atoms with Crippen LogP contribution in [0.4, 0.5) is 5.69 Å². The third-order valence-corrected chi connectivity index (χ3v) is 8.47. The summed E-state index contributed by atoms with van der Waals surface area (Å²) in [5.74, 6) is 0.705. The van der Waals surface area contributed by atoms with Crippen LogP contribution in [0.5, 0.6) is 5.75 Å². The van der Waals surface area contributed by atoms with E-state index in [1.807, 2.05) is 49.1 Å². The van der Waals surface area contributed by atoms with Crippen LogP contribution in [0, 0.1) is 13.8 Å². The molecule has 44 heavy (non-hydrogen) atoms. The molecule has 0 aliphatic carbocycles. The number of carbonyl (C=O) groups is 2. The Hall–Kier alpha value is -4.64. The van der Waals surface area contributed by atoms with E-state index in [1.165, 1.54) is 6.92 Å². The fraction of sp³-hybridized carbons (Fsp3) is 0.394. The summed E-state index contributed by atoms with van der Waals surface area (Å²) in [7, 11) is 2.11. The molecule has 2 aromatic carbocycles. The SMILES string of the molecule is CC(=O)OC(CNc1cc[nH]c(=O)c1-c1nc2cc3c(cc2[nH]1)CN(C1CCN(C)CC1)C3=O)COc1ccc(C)cc1C. The lowest BCUT2D eigenvalue weighted by Crippen LogP contribution is -2.43. The van der Waals surface area contributed by atoms with Gasteiger partial charge in [0.25, 0.3) is 11.5 Å². The number of benzene rings is 2. The number of amides is 1. The maximum absolute atomic E-state index is 13.4. The molecule has 11 nitrogen and oxygen atoms in total. The highest BCUT2D eigenvalue weighted by atomic mass is 16.6. The number of anilines is 1. The van der Waals surface area contributed by atoms with Crippen LogP contribution in [0.15, 0.2) is 47.4 Å². The van der Waals surface area contributed by atoms with Crippen LogP contribution in [0.2, 0.25) is 0 Å². The molecule has 11 heteroatoms. The third-order valence-electron chi connectivity index (χ3n) is 8.47. The molecule has 0 radical (unpaired) electrons. The second kappa shape index (κ2) is 12.2. The Morgan fingerprint density at radius 2 is 1.93 bits per heavy atom. The van der Waals surface area contributed by atoms with Gasteiger partial charge in [-0.25, -0.2) is 4.98 Å². The molecule has 230 valence electrons. The summed E-state index contributed by atoms with van der Waals surface area (Å²) in [6, 6.07) is 11.7. The maximum atomic E-state index is 13.4. The lowest BCUT2D eigenvalue weighted by atomic mass is 10.0. The molecule has 0 spiro atoms. The van der Waals surface area contributed by atoms with Crippen molar-refractivity contribution in [2.75, 3.05) is 38.6 Å². The highest BCUT2D eigenvalue weighted by Gasteiger charge is 2.34. The van der Waals surface area contributed by atoms with E-state index in [0.29, 0.717) is 40.4 Å². The van der Waals surface area contributed by atoms with Crippen LogP contribution in [0.25, 0.3) is 22.4 Å². The van der Waals surface area contributed by atoms with Gasteiger partial charge >= 0.3 is 5.97 Å². The van der Waals surface area contributed by atoms with E-state index in [2.05, 4.69) is 27.2 Å². The van der Waals surface area contributed by atoms with Crippen molar-refractivity contribution in [3.8, 4) is 17.1 Å². The summed E-state index contributed by atoms with van der Waals surface area (Å²) in [4.78, 5) is 53.3. The molecule has 1 atom stereocenters. The number of rotatable bonds is 9. The number of hydrogen-bond acceptors (Lipinski definition) is 8. The molecule has 4 heterocycles. The molecular formula is C33H38N6O5. The van der Waals surface area contributed by atoms with Crippen LogP contribution in [0.1, 0.15) is 46.8 Å². The van der Waals surface area contributed by atoms with Gasteiger partial charge in [-0.05, 0) is 82.2 Å². The molecule has 0 bridgehead atoms. The number of ether oxygens (including phenoxy) is 2. The van der Waals surface area contributed by atoms with Crippen molar-refractivity contribution < 1.29 is 19.1 Å². The number of aromatic nitrogens is 3. The molecule has 2 aliphatic rings. The van der Waals surface area contributed by atoms with Crippen molar-refractivity contribution in [1.82, 2.24) is 24.8 Å². The number of carbonyl (C=O) groups excluding carboxylic acids is 2. The second-order valence-electron chi connectivity index (χ2n) is 11.9. The van der Waals surface area contributed by atoms with Crippen molar-refractivity contribution >= 4 is 28.6 Å². The number of fused-ring (bicyclic) bond motifs is 2. The number of nitrogens with zero attached hydrogens (tertiary/aromatic N) is 3. The van der Waals surface area contributed by atoms with Crippen LogP contribution in [0.3, 0.4) is 0 Å². The van der Waals surface area contributed by atoms with Gasteiger partial charge in [0.05, 0.1) is 23.3 Å². The number of imidazole rings is 1. The van der Waals surface area contributed by atoms with Gasteiger partial charge in [-0.15, -0.1) is 0 Å². The Labute approximate surface area is 255 Å². The summed E-state index contributed by atoms with van der Waals surface area (Å²) < 4.78 is 11.5. The van der Waals surface area contributed by atoms with Crippen molar-refractivity contribution in [1.29, 1.82) is 0 Å². The lowest BCUT2D eigenvalue weighted by molar-refractivity contribution is -0.147. The van der Waals surface area contributed by atoms with E-state index in [9.17, 15) is 14.4 Å². The Bertz CT molecular complexity index is 1770. The van der Waals surface area contributed by atoms with Crippen molar-refractivity contribution in [3.05, 3.63) is 75.2 Å². The smallest absolute Gasteiger partial charge is 0.303 e. The van der Waals surface area contributed by atoms with E-state index in [-0.39, 0.29) is 30.7 Å². The fourth-order valence-corrected chi connectivity index (χ4v) is 6.16. The minimum atomic E-state index is -0.613. The number of nitrogens with one attached hydrogen (secondary N) is 3. The van der Waals surface area contributed by atoms with Gasteiger partial charge in [0.15, 0.2) is 6.10 Å². The predicted octanol–water partition coefficient (Wildman–Crippen LogP) is 4.01. The van der Waals surface area contributed by atoms with Crippen LogP contribution >= 0.6 is 0 Å². The van der Waals surface area contributed by atoms with E-state index < -0.39 is 12.1 Å². The zero-order chi connectivity index (χ0) is 31.0. The Balaban J connectivity index is 1.21. The largest absolute Gasteiger partial charge is 0.489 e. The van der Waals surface area contributed by atoms with Crippen LogP contribution < -0.4 is 15.6 Å². The minimum Gasteiger partial charge on any atom is -0.489 e. The molecule has 1 fully saturated rings. The van der Waals surface area contributed by atoms with Gasteiger partial charge in [0.1, 0.15) is 23.7 Å². The summed E-state index contributed by atoms with van der Waals surface area (Å²) in [5, 5.41) is 3.26. The van der Waals surface area contributed by atoms with E-state index >= 15 is 0 Å². The fourth-order valence-electron chi connectivity index (χ4n) is 6.16. The third kappa shape index (κ3) is 6.05. The monoisotopic (exact) mass is 598 g/mol. The molecular weight excluding hydrogens is 560 g/mol. The maximum Gasteiger partial charge on any atom is 0.303 e. The Morgan fingerprint density at radius 1 is 1.14 bits per heavy atom. The Morgan fingerprint density at radius 3 is 2.68 bits per heavy atom. The summed E-state index contributed by atoms with van der Waals surface area (Å²) in [5.41, 5.74) is 5.63. The number of esters is 1. The number of hydrogen-bond donors (Lipinski definition) is 3. The van der Waals surface area contributed by atoms with Crippen molar-refractivity contribution in [3.63, 3.8) is 0 Å². The molecule has 1 amide bonds. The average molecular weight is 599 g/mol. The first-order valence-electron chi connectivity index (χ1n) is 15.0. The first-order valence-corrected chi connectivity index (χ1v) is 15.0. The molecule has 1 unspecified atom stereocenters. The molecule has 2 aliphatic heterocycles. The Kier molecular flexibility index (Phi) is 8.13. The molecule has 2 aromatic heterocycles. The zero-order valence-corrected chi connectivity index (χ0v) is 25.5. The number of aryl methyl sites for hydroxylation is 2. The topological polar surface area (TPSA) is 133 Å². The van der Waals surface area contributed by atoms with Crippen LogP contribution in [-0.4, -0.2) is 82.1 Å². The quantitative estimate of drug-likeness (QED) is 0.246. The first-order chi connectivity index (χ1) is 21.2. The van der Waals surface area contributed by atoms with Gasteiger partial charge in [-0.1, -0.05) is 17.7 Å². The predicted molar refractivity (Wildman–Crippen MR) is 168 cm³/mol. The number of piperidine rings is 1. The number of pyridine rings is 1. The number of aromatic amines is 2. The molecule has 1 saturated heterocycles. The zero-order valence-electron chi connectivity index (χ0n) is 25.5. The highest BCUT2D eigenvalue weighted by Crippen LogP contribution is 2.32. The van der Waals surface area contributed by atoms with Gasteiger partial charge < -0.3 is 34.6 Å². The summed E-state index contributed by atoms with van der Waals surface area (Å²) in [6.07, 6.45) is 2.88. The van der Waals surface area contributed by atoms with Crippen molar-refractivity contribution in [2.24, 2.45) is 0 Å². The van der Waals surface area contributed by atoms with Gasteiger partial charge in [0.2, 0.25) is 0 Å². The van der Waals surface area contributed by atoms with Gasteiger partial charge in [-0.2, -0.15) is 0 Å². The number of likely N-dealkylation sites (tertiary alicyclic amines) is 1. The number of H-pyrrole nitrogens is 2. The van der Waals surface area contributed by atoms with Gasteiger partial charge in [-0.3, -0.25) is 14.4 Å². The standard InChI is InChI=1S/C33H38N6O5/c1-19-5-6-29(20(2)13-19)43-18-24(44-21(3)40)16-35-26-7-10-34-32(41)30(26)31-36-27-14-22-17-39(23-8-11-38(4)12-9-23)33(42)25(22)15-28(27)37-31/h5-7,10,13-15,23-24H,8-9,11-12,16-18H2,1-4H3,(H,36,37)(H2,34,35,41). The second-order valence-corrected chi connectivity index (χ2v) is 11.9. The normalized spacial score (nSPS) is 16.3. The summed E-state index contributed by atoms with van der Waals surface area (Å²) >= 11 is 0. The minimum absolute atomic E-state index is 0.0421. The first kappa shape index (κ1) is 29.4. The van der Waals surface area contributed by atoms with E-state index in [1.54, 1.807) is 12.3 Å². The average Bonchev–Trinajstić information content (AvgIpc) is 3.54. The molecule has 6 rings (SSSR count). The van der Waals surface area contributed by atoms with Crippen molar-refractivity contribution in [2.45, 2.75) is 52.3 Å². The van der Waals surface area contributed by atoms with E-state index in [0.717, 1.165) is 48.1 Å². The lowest BCUT2D eigenvalue weighted by Gasteiger charge is -2.34. The molecule has 0 saturated carbocycles. The van der Waals surface area contributed by atoms with Gasteiger partial charge in [0, 0.05) is 31.3 Å². The molecule has 4 aromatic rings. The highest BCUT2D eigenvalue weighted by molar-refractivity contribution is 6.02. The van der Waals surface area contributed by atoms with E-state index in [4.69, 9.17) is 14.5 Å².